The molecular formula is C19H17F3O3. The molecule has 1 atom stereocenters. The summed E-state index contributed by atoms with van der Waals surface area (Å²) in [5.74, 6) is -3.11. The van der Waals surface area contributed by atoms with Crippen molar-refractivity contribution in [2.24, 2.45) is 0 Å². The van der Waals surface area contributed by atoms with Gasteiger partial charge in [-0.05, 0) is 30.7 Å². The third-order valence-electron chi connectivity index (χ3n) is 3.51. The first-order chi connectivity index (χ1) is 11.8. The Balaban J connectivity index is 2.13. The van der Waals surface area contributed by atoms with E-state index in [4.69, 9.17) is 4.42 Å². The number of Topliss-reactive ketones (excluding diaryl/α,β-unsaturated/α-hetero) is 1. The van der Waals surface area contributed by atoms with E-state index in [1.54, 1.807) is 30.3 Å². The Labute approximate surface area is 143 Å². The predicted octanol–water partition coefficient (Wildman–Crippen LogP) is 4.73. The Morgan fingerprint density at radius 1 is 1.12 bits per heavy atom. The summed E-state index contributed by atoms with van der Waals surface area (Å²) >= 11 is 0. The highest BCUT2D eigenvalue weighted by Gasteiger charge is 2.43. The molecule has 0 bridgehead atoms. The minimum absolute atomic E-state index is 0.0770. The number of hydrogen-bond acceptors (Lipinski definition) is 3. The first-order valence-corrected chi connectivity index (χ1v) is 7.66. The van der Waals surface area contributed by atoms with Gasteiger partial charge in [0.05, 0.1) is 6.42 Å². The summed E-state index contributed by atoms with van der Waals surface area (Å²) in [5, 5.41) is 0. The average Bonchev–Trinajstić information content (AvgIpc) is 2.97. The van der Waals surface area contributed by atoms with Crippen LogP contribution in [0.2, 0.25) is 0 Å². The highest BCUT2D eigenvalue weighted by Crippen LogP contribution is 2.38. The van der Waals surface area contributed by atoms with Crippen LogP contribution in [0.3, 0.4) is 0 Å². The molecule has 0 unspecified atom stereocenters. The second-order valence-electron chi connectivity index (χ2n) is 5.69. The Morgan fingerprint density at radius 3 is 2.40 bits per heavy atom. The van der Waals surface area contributed by atoms with E-state index in [0.717, 1.165) is 11.6 Å². The number of benzene rings is 1. The first kappa shape index (κ1) is 18.7. The van der Waals surface area contributed by atoms with E-state index >= 15 is 0 Å². The number of ketones is 2. The normalized spacial score (nSPS) is 13.1. The number of allylic oxidation sites excluding steroid dienone is 1. The van der Waals surface area contributed by atoms with Crippen LogP contribution in [0.4, 0.5) is 13.2 Å². The van der Waals surface area contributed by atoms with Crippen LogP contribution in [-0.4, -0.2) is 17.7 Å². The first-order valence-electron chi connectivity index (χ1n) is 7.66. The van der Waals surface area contributed by atoms with Gasteiger partial charge in [-0.3, -0.25) is 9.59 Å². The zero-order valence-corrected chi connectivity index (χ0v) is 13.5. The van der Waals surface area contributed by atoms with Crippen LogP contribution in [0.15, 0.2) is 53.0 Å². The van der Waals surface area contributed by atoms with E-state index in [9.17, 15) is 22.8 Å². The van der Waals surface area contributed by atoms with Crippen LogP contribution < -0.4 is 0 Å². The highest BCUT2D eigenvalue weighted by molar-refractivity contribution is 5.94. The maximum Gasteiger partial charge on any atom is 0.399 e. The predicted molar refractivity (Wildman–Crippen MR) is 87.0 cm³/mol. The molecule has 0 radical (unpaired) electrons. The van der Waals surface area contributed by atoms with E-state index in [2.05, 4.69) is 0 Å². The molecule has 1 heterocycles. The molecule has 0 aliphatic heterocycles. The van der Waals surface area contributed by atoms with Crippen LogP contribution in [0.1, 0.15) is 36.3 Å². The summed E-state index contributed by atoms with van der Waals surface area (Å²) in [4.78, 5) is 23.0. The van der Waals surface area contributed by atoms with Gasteiger partial charge in [0.2, 0.25) is 0 Å². The topological polar surface area (TPSA) is 47.3 Å². The lowest BCUT2D eigenvalue weighted by molar-refractivity contribution is -0.158. The standard InChI is InChI=1S/C19H17F3O3/c1-13(23)11-16-9-10-18(25-16)17(19(20,21)22)12-15(24)8-7-14-5-3-2-4-6-14/h2-10,17H,11-12H2,1H3/b8-7+/t17-/m0/s1. The monoisotopic (exact) mass is 350 g/mol. The molecule has 6 heteroatoms. The van der Waals surface area contributed by atoms with Gasteiger partial charge < -0.3 is 4.42 Å². The molecule has 132 valence electrons. The van der Waals surface area contributed by atoms with Crippen molar-refractivity contribution in [1.29, 1.82) is 0 Å². The van der Waals surface area contributed by atoms with E-state index in [1.807, 2.05) is 0 Å². The molecule has 0 amide bonds. The summed E-state index contributed by atoms with van der Waals surface area (Å²) < 4.78 is 45.0. The van der Waals surface area contributed by atoms with Gasteiger partial charge in [-0.15, -0.1) is 0 Å². The maximum atomic E-state index is 13.3. The van der Waals surface area contributed by atoms with E-state index in [0.29, 0.717) is 0 Å². The number of carbonyl (C=O) groups excluding carboxylic acids is 2. The van der Waals surface area contributed by atoms with Gasteiger partial charge >= 0.3 is 6.18 Å². The minimum Gasteiger partial charge on any atom is -0.465 e. The van der Waals surface area contributed by atoms with E-state index in [-0.39, 0.29) is 23.7 Å². The third-order valence-corrected chi connectivity index (χ3v) is 3.51. The molecule has 0 aliphatic carbocycles. The summed E-state index contributed by atoms with van der Waals surface area (Å²) in [7, 11) is 0. The van der Waals surface area contributed by atoms with Crippen molar-refractivity contribution in [3.63, 3.8) is 0 Å². The maximum absolute atomic E-state index is 13.3. The van der Waals surface area contributed by atoms with Crippen molar-refractivity contribution in [2.75, 3.05) is 0 Å². The zero-order chi connectivity index (χ0) is 18.4. The largest absolute Gasteiger partial charge is 0.465 e. The highest BCUT2D eigenvalue weighted by atomic mass is 19.4. The quantitative estimate of drug-likeness (QED) is 0.678. The van der Waals surface area contributed by atoms with Crippen molar-refractivity contribution < 1.29 is 27.2 Å². The summed E-state index contributed by atoms with van der Waals surface area (Å²) in [6.07, 6.45) is -2.85. The average molecular weight is 350 g/mol. The molecule has 2 rings (SSSR count). The Bertz CT molecular complexity index is 758. The summed E-state index contributed by atoms with van der Waals surface area (Å²) in [6, 6.07) is 11.3. The number of rotatable bonds is 7. The molecule has 0 saturated carbocycles. The smallest absolute Gasteiger partial charge is 0.399 e. The van der Waals surface area contributed by atoms with Gasteiger partial charge in [0.1, 0.15) is 23.2 Å². The Morgan fingerprint density at radius 2 is 1.80 bits per heavy atom. The fourth-order valence-electron chi connectivity index (χ4n) is 2.32. The lowest BCUT2D eigenvalue weighted by Crippen LogP contribution is -2.22. The fraction of sp³-hybridized carbons (Fsp3) is 0.263. The molecule has 3 nitrogen and oxygen atoms in total. The molecule has 0 saturated heterocycles. The van der Waals surface area contributed by atoms with Crippen molar-refractivity contribution in [2.45, 2.75) is 31.9 Å². The summed E-state index contributed by atoms with van der Waals surface area (Å²) in [6.45, 7) is 1.32. The van der Waals surface area contributed by atoms with E-state index in [1.165, 1.54) is 25.1 Å². The van der Waals surface area contributed by atoms with Gasteiger partial charge in [0.15, 0.2) is 5.78 Å². The van der Waals surface area contributed by atoms with E-state index < -0.39 is 24.3 Å². The number of halogens is 3. The Hall–Kier alpha value is -2.63. The molecular weight excluding hydrogens is 333 g/mol. The van der Waals surface area contributed by atoms with Crippen molar-refractivity contribution in [1.82, 2.24) is 0 Å². The third kappa shape index (κ3) is 5.74. The molecule has 0 spiro atoms. The number of hydrogen-bond donors (Lipinski definition) is 0. The Kier molecular flexibility index (Phi) is 5.96. The molecule has 0 N–H and O–H groups in total. The van der Waals surface area contributed by atoms with Crippen LogP contribution in [0, 0.1) is 0 Å². The second kappa shape index (κ2) is 7.96. The molecule has 1 aromatic carbocycles. The SMILES string of the molecule is CC(=O)Cc1ccc([C@H](CC(=O)/C=C/c2ccccc2)C(F)(F)F)o1. The van der Waals surface area contributed by atoms with Gasteiger partial charge in [0.25, 0.3) is 0 Å². The molecule has 25 heavy (non-hydrogen) atoms. The van der Waals surface area contributed by atoms with Gasteiger partial charge in [-0.1, -0.05) is 36.4 Å². The lowest BCUT2D eigenvalue weighted by atomic mass is 9.98. The molecule has 0 aliphatic rings. The molecule has 2 aromatic rings. The second-order valence-corrected chi connectivity index (χ2v) is 5.69. The van der Waals surface area contributed by atoms with Crippen LogP contribution in [0.25, 0.3) is 6.08 Å². The number of alkyl halides is 3. The lowest BCUT2D eigenvalue weighted by Gasteiger charge is -2.16. The number of furan rings is 1. The van der Waals surface area contributed by atoms with Crippen molar-refractivity contribution in [3.05, 3.63) is 65.6 Å². The molecule has 0 fully saturated rings. The van der Waals surface area contributed by atoms with Crippen LogP contribution in [-0.2, 0) is 16.0 Å². The summed E-state index contributed by atoms with van der Waals surface area (Å²) in [5.41, 5.74) is 0.723. The fourth-order valence-corrected chi connectivity index (χ4v) is 2.32. The van der Waals surface area contributed by atoms with Crippen LogP contribution >= 0.6 is 0 Å². The van der Waals surface area contributed by atoms with Crippen LogP contribution in [0.5, 0.6) is 0 Å². The number of carbonyl (C=O) groups is 2. The van der Waals surface area contributed by atoms with Gasteiger partial charge in [-0.2, -0.15) is 13.2 Å². The van der Waals surface area contributed by atoms with Crippen molar-refractivity contribution >= 4 is 17.6 Å². The minimum atomic E-state index is -4.62. The zero-order valence-electron chi connectivity index (χ0n) is 13.5. The van der Waals surface area contributed by atoms with Gasteiger partial charge in [0, 0.05) is 6.42 Å². The molecule has 1 aromatic heterocycles. The van der Waals surface area contributed by atoms with Crippen molar-refractivity contribution in [3.8, 4) is 0 Å². The van der Waals surface area contributed by atoms with Gasteiger partial charge in [-0.25, -0.2) is 0 Å².